The van der Waals surface area contributed by atoms with Crippen molar-refractivity contribution in [1.82, 2.24) is 9.47 Å². The van der Waals surface area contributed by atoms with Gasteiger partial charge in [-0.2, -0.15) is 4.48 Å². The SMILES string of the molecule is C[N+]1(c2cc(N)cc3nc(C4CC4)oc23)C=Cc2ccccc2C1=O. The number of hydrogen-bond acceptors (Lipinski definition) is 4. The van der Waals surface area contributed by atoms with Crippen LogP contribution in [0.25, 0.3) is 17.2 Å². The average Bonchev–Trinajstić information content (AvgIpc) is 3.38. The summed E-state index contributed by atoms with van der Waals surface area (Å²) in [7, 11) is 1.86. The quantitative estimate of drug-likeness (QED) is 0.568. The summed E-state index contributed by atoms with van der Waals surface area (Å²) in [6.07, 6.45) is 6.08. The van der Waals surface area contributed by atoms with Crippen LogP contribution in [0.4, 0.5) is 11.4 Å². The van der Waals surface area contributed by atoms with Gasteiger partial charge >= 0.3 is 5.91 Å². The van der Waals surface area contributed by atoms with Crippen LogP contribution in [0.1, 0.15) is 40.6 Å². The second-order valence-electron chi connectivity index (χ2n) is 7.00. The summed E-state index contributed by atoms with van der Waals surface area (Å²) in [5.74, 6) is 1.15. The molecule has 5 rings (SSSR count). The van der Waals surface area contributed by atoms with Gasteiger partial charge in [-0.15, -0.1) is 0 Å². The summed E-state index contributed by atoms with van der Waals surface area (Å²) in [6.45, 7) is 0. The molecule has 2 aliphatic rings. The minimum absolute atomic E-state index is 0.00521. The summed E-state index contributed by atoms with van der Waals surface area (Å²) >= 11 is 0. The summed E-state index contributed by atoms with van der Waals surface area (Å²) in [4.78, 5) is 17.9. The zero-order valence-corrected chi connectivity index (χ0v) is 13.9. The maximum atomic E-state index is 13.3. The van der Waals surface area contributed by atoms with E-state index < -0.39 is 0 Å². The van der Waals surface area contributed by atoms with E-state index in [4.69, 9.17) is 10.2 Å². The fraction of sp³-hybridized carbons (Fsp3) is 0.200. The molecule has 3 aromatic rings. The van der Waals surface area contributed by atoms with Crippen LogP contribution in [0, 0.1) is 0 Å². The van der Waals surface area contributed by atoms with Gasteiger partial charge in [-0.1, -0.05) is 18.2 Å². The van der Waals surface area contributed by atoms with E-state index in [0.717, 1.165) is 35.5 Å². The molecule has 5 heteroatoms. The minimum Gasteiger partial charge on any atom is -0.434 e. The van der Waals surface area contributed by atoms with E-state index in [0.29, 0.717) is 22.8 Å². The first kappa shape index (κ1) is 14.4. The molecule has 5 nitrogen and oxygen atoms in total. The summed E-state index contributed by atoms with van der Waals surface area (Å²) in [5, 5.41) is 0. The van der Waals surface area contributed by atoms with Gasteiger partial charge in [-0.3, -0.25) is 0 Å². The van der Waals surface area contributed by atoms with Gasteiger partial charge < -0.3 is 10.2 Å². The number of aromatic nitrogens is 1. The predicted octanol–water partition coefficient (Wildman–Crippen LogP) is 4.05. The van der Waals surface area contributed by atoms with E-state index in [1.807, 2.05) is 55.7 Å². The van der Waals surface area contributed by atoms with Crippen LogP contribution in [0.3, 0.4) is 0 Å². The summed E-state index contributed by atoms with van der Waals surface area (Å²) in [6, 6.07) is 11.3. The van der Waals surface area contributed by atoms with Gasteiger partial charge in [0.25, 0.3) is 0 Å². The number of nitrogen functional groups attached to an aromatic ring is 1. The van der Waals surface area contributed by atoms with Crippen LogP contribution in [0.2, 0.25) is 0 Å². The number of carbonyl (C=O) groups excluding carboxylic acids is 1. The molecule has 1 fully saturated rings. The van der Waals surface area contributed by atoms with Crippen molar-refractivity contribution in [3.05, 3.63) is 59.6 Å². The Kier molecular flexibility index (Phi) is 2.77. The lowest BCUT2D eigenvalue weighted by atomic mass is 10.0. The van der Waals surface area contributed by atoms with Gasteiger partial charge in [0.2, 0.25) is 5.58 Å². The van der Waals surface area contributed by atoms with Gasteiger partial charge in [0, 0.05) is 23.7 Å². The van der Waals surface area contributed by atoms with Crippen molar-refractivity contribution in [2.24, 2.45) is 0 Å². The lowest BCUT2D eigenvalue weighted by Crippen LogP contribution is -2.47. The molecule has 0 bridgehead atoms. The van der Waals surface area contributed by atoms with Crippen molar-refractivity contribution in [2.75, 3.05) is 12.8 Å². The van der Waals surface area contributed by atoms with Gasteiger partial charge in [0.15, 0.2) is 11.6 Å². The number of nitrogens with two attached hydrogens (primary N) is 1. The predicted molar refractivity (Wildman–Crippen MR) is 97.9 cm³/mol. The largest absolute Gasteiger partial charge is 0.434 e. The second kappa shape index (κ2) is 4.80. The Labute approximate surface area is 145 Å². The highest BCUT2D eigenvalue weighted by atomic mass is 16.4. The third-order valence-corrected chi connectivity index (χ3v) is 5.10. The number of hydrogen-bond donors (Lipinski definition) is 1. The number of quaternary nitrogens is 1. The van der Waals surface area contributed by atoms with Gasteiger partial charge in [0.1, 0.15) is 11.7 Å². The monoisotopic (exact) mass is 332 g/mol. The molecule has 1 saturated carbocycles. The van der Waals surface area contributed by atoms with E-state index >= 15 is 0 Å². The smallest absolute Gasteiger partial charge is 0.356 e. The Balaban J connectivity index is 1.74. The number of anilines is 1. The van der Waals surface area contributed by atoms with E-state index in [9.17, 15) is 4.79 Å². The van der Waals surface area contributed by atoms with Gasteiger partial charge in [-0.05, 0) is 30.5 Å². The van der Waals surface area contributed by atoms with Crippen LogP contribution in [-0.2, 0) is 0 Å². The topological polar surface area (TPSA) is 69.1 Å². The maximum absolute atomic E-state index is 13.3. The van der Waals surface area contributed by atoms with Crippen LogP contribution >= 0.6 is 0 Å². The highest BCUT2D eigenvalue weighted by Crippen LogP contribution is 2.44. The number of benzene rings is 2. The zero-order chi connectivity index (χ0) is 17.2. The number of oxazole rings is 1. The van der Waals surface area contributed by atoms with Crippen molar-refractivity contribution in [3.8, 4) is 0 Å². The average molecular weight is 332 g/mol. The molecule has 1 aliphatic heterocycles. The van der Waals surface area contributed by atoms with Crippen molar-refractivity contribution in [3.63, 3.8) is 0 Å². The van der Waals surface area contributed by atoms with Crippen LogP contribution in [0.5, 0.6) is 0 Å². The van der Waals surface area contributed by atoms with E-state index in [1.54, 1.807) is 0 Å². The van der Waals surface area contributed by atoms with Crippen LogP contribution in [-0.4, -0.2) is 17.9 Å². The fourth-order valence-corrected chi connectivity index (χ4v) is 3.48. The Morgan fingerprint density at radius 3 is 2.84 bits per heavy atom. The highest BCUT2D eigenvalue weighted by Gasteiger charge is 2.41. The van der Waals surface area contributed by atoms with Crippen molar-refractivity contribution in [1.29, 1.82) is 0 Å². The molecular formula is C20H18N3O2+. The first-order valence-corrected chi connectivity index (χ1v) is 8.46. The molecule has 2 N–H and O–H groups in total. The first-order chi connectivity index (χ1) is 12.1. The molecular weight excluding hydrogens is 314 g/mol. The lowest BCUT2D eigenvalue weighted by Gasteiger charge is -2.30. The number of carbonyl (C=O) groups is 1. The van der Waals surface area contributed by atoms with Gasteiger partial charge in [0.05, 0.1) is 12.6 Å². The number of fused-ring (bicyclic) bond motifs is 2. The van der Waals surface area contributed by atoms with Crippen molar-refractivity contribution < 1.29 is 9.21 Å². The van der Waals surface area contributed by atoms with E-state index in [-0.39, 0.29) is 10.4 Å². The molecule has 124 valence electrons. The molecule has 2 aromatic carbocycles. The Morgan fingerprint density at radius 1 is 1.24 bits per heavy atom. The zero-order valence-electron chi connectivity index (χ0n) is 13.9. The molecule has 1 unspecified atom stereocenters. The molecule has 1 aliphatic carbocycles. The number of amides is 1. The molecule has 1 atom stereocenters. The van der Waals surface area contributed by atoms with E-state index in [1.165, 1.54) is 0 Å². The summed E-state index contributed by atoms with van der Waals surface area (Å²) in [5.41, 5.74) is 10.4. The highest BCUT2D eigenvalue weighted by molar-refractivity contribution is 6.10. The molecule has 0 saturated heterocycles. The van der Waals surface area contributed by atoms with E-state index in [2.05, 4.69) is 4.98 Å². The molecule has 25 heavy (non-hydrogen) atoms. The molecule has 1 aromatic heterocycles. The summed E-state index contributed by atoms with van der Waals surface area (Å²) < 4.78 is 6.05. The Hall–Kier alpha value is -2.92. The van der Waals surface area contributed by atoms with Crippen LogP contribution < -0.4 is 10.2 Å². The van der Waals surface area contributed by atoms with Crippen molar-refractivity contribution >= 4 is 34.5 Å². The van der Waals surface area contributed by atoms with Crippen LogP contribution in [0.15, 0.2) is 47.0 Å². The molecule has 1 amide bonds. The third kappa shape index (κ3) is 2.06. The Morgan fingerprint density at radius 2 is 2.04 bits per heavy atom. The minimum atomic E-state index is -0.0160. The maximum Gasteiger partial charge on any atom is 0.356 e. The Bertz CT molecular complexity index is 1060. The lowest BCUT2D eigenvalue weighted by molar-refractivity contribution is 0.0851. The normalized spacial score (nSPS) is 22.4. The number of rotatable bonds is 2. The third-order valence-electron chi connectivity index (χ3n) is 5.10. The fourth-order valence-electron chi connectivity index (χ4n) is 3.48. The number of nitrogens with zero attached hydrogens (tertiary/aromatic N) is 2. The molecule has 2 heterocycles. The second-order valence-corrected chi connectivity index (χ2v) is 7.00. The standard InChI is InChI=1S/C20H18N3O2/c1-23(9-8-12-4-2-3-5-15(12)20(23)24)17-11-14(21)10-16-18(17)25-19(22-16)13-6-7-13/h2-5,8-11,13H,6-7,21H2,1H3/q+1. The molecule has 0 spiro atoms. The molecule has 0 radical (unpaired) electrons. The van der Waals surface area contributed by atoms with Crippen molar-refractivity contribution in [2.45, 2.75) is 18.8 Å². The first-order valence-electron chi connectivity index (χ1n) is 8.46. The van der Waals surface area contributed by atoms with Gasteiger partial charge in [-0.25, -0.2) is 9.78 Å².